The van der Waals surface area contributed by atoms with Gasteiger partial charge in [0.05, 0.1) is 27.6 Å². The van der Waals surface area contributed by atoms with Crippen LogP contribution in [0, 0.1) is 11.8 Å². The van der Waals surface area contributed by atoms with Crippen LogP contribution in [0.15, 0.2) is 16.7 Å². The van der Waals surface area contributed by atoms with Crippen molar-refractivity contribution >= 4 is 50.2 Å². The molecule has 1 heterocycles. The van der Waals surface area contributed by atoms with Gasteiger partial charge >= 0.3 is 0 Å². The van der Waals surface area contributed by atoms with Gasteiger partial charge < -0.3 is 5.73 Å². The molecule has 0 bridgehead atoms. The van der Waals surface area contributed by atoms with Crippen LogP contribution in [0.5, 0.6) is 0 Å². The third-order valence-electron chi connectivity index (χ3n) is 1.97. The third kappa shape index (κ3) is 2.70. The fraction of sp³-hybridized carbons (Fsp3) is 0.0909. The standard InChI is InChI=1S/C11H6BrCl2N3/c12-11-8(2-1-3-15)16-9-4-6(13)7(14)5-10(9)17-11/h4-5H,3,15H2. The maximum atomic E-state index is 5.92. The highest BCUT2D eigenvalue weighted by molar-refractivity contribution is 9.10. The van der Waals surface area contributed by atoms with Gasteiger partial charge in [0.15, 0.2) is 0 Å². The van der Waals surface area contributed by atoms with Crippen LogP contribution in [0.1, 0.15) is 5.69 Å². The van der Waals surface area contributed by atoms with Gasteiger partial charge in [0.2, 0.25) is 0 Å². The van der Waals surface area contributed by atoms with Gasteiger partial charge in [0.25, 0.3) is 0 Å². The first-order valence-electron chi connectivity index (χ1n) is 4.63. The molecule has 3 nitrogen and oxygen atoms in total. The molecule has 6 heteroatoms. The van der Waals surface area contributed by atoms with Crippen LogP contribution >= 0.6 is 39.1 Å². The topological polar surface area (TPSA) is 51.8 Å². The van der Waals surface area contributed by atoms with E-state index in [1.165, 1.54) is 0 Å². The molecule has 0 aliphatic rings. The van der Waals surface area contributed by atoms with Crippen molar-refractivity contribution in [3.8, 4) is 11.8 Å². The molecule has 0 amide bonds. The van der Waals surface area contributed by atoms with Gasteiger partial charge in [0.1, 0.15) is 10.3 Å². The number of hydrogen-bond acceptors (Lipinski definition) is 3. The van der Waals surface area contributed by atoms with Crippen LogP contribution in [-0.4, -0.2) is 16.5 Å². The van der Waals surface area contributed by atoms with Gasteiger partial charge in [-0.1, -0.05) is 29.1 Å². The highest BCUT2D eigenvalue weighted by Crippen LogP contribution is 2.27. The van der Waals surface area contributed by atoms with Crippen LogP contribution < -0.4 is 5.73 Å². The smallest absolute Gasteiger partial charge is 0.146 e. The van der Waals surface area contributed by atoms with E-state index in [-0.39, 0.29) is 6.54 Å². The van der Waals surface area contributed by atoms with Crippen molar-refractivity contribution in [3.05, 3.63) is 32.5 Å². The van der Waals surface area contributed by atoms with E-state index < -0.39 is 0 Å². The van der Waals surface area contributed by atoms with E-state index in [9.17, 15) is 0 Å². The molecule has 86 valence electrons. The lowest BCUT2D eigenvalue weighted by molar-refractivity contribution is 1.21. The van der Waals surface area contributed by atoms with Crippen molar-refractivity contribution in [1.82, 2.24) is 9.97 Å². The zero-order valence-electron chi connectivity index (χ0n) is 8.47. The molecular weight excluding hydrogens is 325 g/mol. The number of hydrogen-bond donors (Lipinski definition) is 1. The number of rotatable bonds is 0. The summed E-state index contributed by atoms with van der Waals surface area (Å²) in [5, 5.41) is 0.884. The van der Waals surface area contributed by atoms with Gasteiger partial charge in [-0.05, 0) is 34.0 Å². The van der Waals surface area contributed by atoms with Crippen molar-refractivity contribution in [2.45, 2.75) is 0 Å². The predicted molar refractivity (Wildman–Crippen MR) is 73.2 cm³/mol. The summed E-state index contributed by atoms with van der Waals surface area (Å²) >= 11 is 15.1. The zero-order chi connectivity index (χ0) is 12.4. The molecule has 0 fully saturated rings. The molecule has 1 aromatic carbocycles. The Morgan fingerprint density at radius 1 is 1.18 bits per heavy atom. The van der Waals surface area contributed by atoms with Crippen LogP contribution in [0.3, 0.4) is 0 Å². The highest BCUT2D eigenvalue weighted by atomic mass is 79.9. The van der Waals surface area contributed by atoms with Crippen molar-refractivity contribution in [2.75, 3.05) is 6.54 Å². The Morgan fingerprint density at radius 2 is 1.76 bits per heavy atom. The Morgan fingerprint density at radius 3 is 2.35 bits per heavy atom. The molecule has 0 saturated carbocycles. The predicted octanol–water partition coefficient (Wildman–Crippen LogP) is 3.01. The molecular formula is C11H6BrCl2N3. The molecule has 2 N–H and O–H groups in total. The summed E-state index contributed by atoms with van der Waals surface area (Å²) in [6.45, 7) is 0.271. The normalized spacial score (nSPS) is 10.1. The van der Waals surface area contributed by atoms with Gasteiger partial charge in [0, 0.05) is 0 Å². The first-order chi connectivity index (χ1) is 8.11. The summed E-state index contributed by atoms with van der Waals surface area (Å²) in [7, 11) is 0. The number of benzene rings is 1. The molecule has 0 unspecified atom stereocenters. The van der Waals surface area contributed by atoms with E-state index in [4.69, 9.17) is 28.9 Å². The van der Waals surface area contributed by atoms with Gasteiger partial charge in [-0.25, -0.2) is 9.97 Å². The highest BCUT2D eigenvalue weighted by Gasteiger charge is 2.07. The van der Waals surface area contributed by atoms with Crippen molar-refractivity contribution in [1.29, 1.82) is 0 Å². The lowest BCUT2D eigenvalue weighted by Crippen LogP contribution is -1.95. The maximum Gasteiger partial charge on any atom is 0.146 e. The molecule has 0 aliphatic heterocycles. The Labute approximate surface area is 116 Å². The number of nitrogens with zero attached hydrogens (tertiary/aromatic N) is 2. The van der Waals surface area contributed by atoms with E-state index in [0.29, 0.717) is 31.4 Å². The first kappa shape index (κ1) is 12.6. The summed E-state index contributed by atoms with van der Waals surface area (Å²) in [5.41, 5.74) is 7.14. The Balaban J connectivity index is 2.67. The molecule has 0 atom stereocenters. The minimum Gasteiger partial charge on any atom is -0.320 e. The van der Waals surface area contributed by atoms with Crippen LogP contribution in [-0.2, 0) is 0 Å². The largest absolute Gasteiger partial charge is 0.320 e. The minimum absolute atomic E-state index is 0.271. The monoisotopic (exact) mass is 329 g/mol. The summed E-state index contributed by atoms with van der Waals surface area (Å²) < 4.78 is 0.560. The summed E-state index contributed by atoms with van der Waals surface area (Å²) in [6.07, 6.45) is 0. The van der Waals surface area contributed by atoms with E-state index >= 15 is 0 Å². The van der Waals surface area contributed by atoms with E-state index in [1.807, 2.05) is 0 Å². The zero-order valence-corrected chi connectivity index (χ0v) is 11.6. The summed E-state index contributed by atoms with van der Waals surface area (Å²) in [4.78, 5) is 8.63. The molecule has 0 saturated heterocycles. The molecule has 0 aliphatic carbocycles. The average molecular weight is 331 g/mol. The lowest BCUT2D eigenvalue weighted by Gasteiger charge is -2.02. The summed E-state index contributed by atoms with van der Waals surface area (Å²) in [5.74, 6) is 5.55. The lowest BCUT2D eigenvalue weighted by atomic mass is 10.3. The number of fused-ring (bicyclic) bond motifs is 1. The van der Waals surface area contributed by atoms with E-state index in [1.54, 1.807) is 12.1 Å². The summed E-state index contributed by atoms with van der Waals surface area (Å²) in [6, 6.07) is 3.32. The number of halogens is 3. The molecule has 0 radical (unpaired) electrons. The van der Waals surface area contributed by atoms with Crippen molar-refractivity contribution < 1.29 is 0 Å². The van der Waals surface area contributed by atoms with Gasteiger partial charge in [-0.15, -0.1) is 0 Å². The maximum absolute atomic E-state index is 5.92. The molecule has 2 aromatic rings. The minimum atomic E-state index is 0.271. The average Bonchev–Trinajstić information content (AvgIpc) is 2.29. The third-order valence-corrected chi connectivity index (χ3v) is 3.25. The van der Waals surface area contributed by atoms with E-state index in [2.05, 4.69) is 37.7 Å². The van der Waals surface area contributed by atoms with Crippen molar-refractivity contribution in [2.24, 2.45) is 5.73 Å². The number of nitrogens with two attached hydrogens (primary N) is 1. The second-order valence-electron chi connectivity index (χ2n) is 3.12. The fourth-order valence-electron chi connectivity index (χ4n) is 1.24. The van der Waals surface area contributed by atoms with Crippen LogP contribution in [0.25, 0.3) is 11.0 Å². The second kappa shape index (κ2) is 5.19. The second-order valence-corrected chi connectivity index (χ2v) is 4.69. The quantitative estimate of drug-likeness (QED) is 0.755. The van der Waals surface area contributed by atoms with Crippen LogP contribution in [0.4, 0.5) is 0 Å². The van der Waals surface area contributed by atoms with Gasteiger partial charge in [-0.3, -0.25) is 0 Å². The fourth-order valence-corrected chi connectivity index (χ4v) is 1.94. The number of aromatic nitrogens is 2. The van der Waals surface area contributed by atoms with E-state index in [0.717, 1.165) is 0 Å². The SMILES string of the molecule is NCC#Cc1nc2cc(Cl)c(Cl)cc2nc1Br. The Kier molecular flexibility index (Phi) is 3.85. The Bertz CT molecular complexity index is 646. The molecule has 2 rings (SSSR count). The molecule has 0 spiro atoms. The molecule has 17 heavy (non-hydrogen) atoms. The Hall–Kier alpha value is -0.860. The first-order valence-corrected chi connectivity index (χ1v) is 6.18. The van der Waals surface area contributed by atoms with Crippen molar-refractivity contribution in [3.63, 3.8) is 0 Å². The molecule has 1 aromatic heterocycles. The van der Waals surface area contributed by atoms with Gasteiger partial charge in [-0.2, -0.15) is 0 Å². The van der Waals surface area contributed by atoms with Crippen LogP contribution in [0.2, 0.25) is 10.0 Å².